The van der Waals surface area contributed by atoms with Gasteiger partial charge in [0, 0.05) is 18.8 Å². The highest BCUT2D eigenvalue weighted by atomic mass is 16.5. The van der Waals surface area contributed by atoms with E-state index in [-0.39, 0.29) is 11.9 Å². The first-order valence-electron chi connectivity index (χ1n) is 10.4. The fraction of sp³-hybridized carbons (Fsp3) is 0.714. The van der Waals surface area contributed by atoms with E-state index in [9.17, 15) is 4.79 Å². The molecule has 26 heavy (non-hydrogen) atoms. The molecule has 3 rings (SSSR count). The molecule has 5 heteroatoms. The maximum absolute atomic E-state index is 12.5. The van der Waals surface area contributed by atoms with Gasteiger partial charge in [-0.15, -0.1) is 0 Å². The summed E-state index contributed by atoms with van der Waals surface area (Å²) in [5, 5.41) is 3.08. The van der Waals surface area contributed by atoms with Crippen LogP contribution in [0.3, 0.4) is 0 Å². The lowest BCUT2D eigenvalue weighted by Gasteiger charge is -2.26. The molecule has 1 aromatic rings. The lowest BCUT2D eigenvalue weighted by atomic mass is 9.98. The Balaban J connectivity index is 1.48. The minimum Gasteiger partial charge on any atom is -0.474 e. The van der Waals surface area contributed by atoms with Gasteiger partial charge in [0.1, 0.15) is 6.10 Å². The number of aromatic nitrogens is 1. The number of ether oxygens (including phenoxy) is 1. The van der Waals surface area contributed by atoms with Crippen LogP contribution in [0.25, 0.3) is 0 Å². The Morgan fingerprint density at radius 2 is 1.88 bits per heavy atom. The summed E-state index contributed by atoms with van der Waals surface area (Å²) in [5.41, 5.74) is 1.04. The van der Waals surface area contributed by atoms with Crippen LogP contribution in [0.4, 0.5) is 0 Å². The first-order valence-corrected chi connectivity index (χ1v) is 10.4. The Morgan fingerprint density at radius 3 is 2.62 bits per heavy atom. The summed E-state index contributed by atoms with van der Waals surface area (Å²) in [7, 11) is 0. The highest BCUT2D eigenvalue weighted by Crippen LogP contribution is 2.22. The molecule has 1 aliphatic heterocycles. The van der Waals surface area contributed by atoms with Crippen molar-refractivity contribution in [3.05, 3.63) is 23.9 Å². The second-order valence-corrected chi connectivity index (χ2v) is 7.72. The third-order valence-electron chi connectivity index (χ3n) is 5.67. The third kappa shape index (κ3) is 5.70. The number of amides is 1. The lowest BCUT2D eigenvalue weighted by Crippen LogP contribution is -2.45. The average molecular weight is 360 g/mol. The van der Waals surface area contributed by atoms with Gasteiger partial charge in [-0.05, 0) is 70.2 Å². The van der Waals surface area contributed by atoms with Crippen LogP contribution in [0, 0.1) is 0 Å². The predicted octanol–water partition coefficient (Wildman–Crippen LogP) is 3.67. The van der Waals surface area contributed by atoms with E-state index in [2.05, 4.69) is 15.2 Å². The van der Waals surface area contributed by atoms with Crippen LogP contribution in [0.2, 0.25) is 0 Å². The number of nitrogens with one attached hydrogen (secondary N) is 1. The van der Waals surface area contributed by atoms with E-state index in [0.717, 1.165) is 31.5 Å². The molecule has 2 fully saturated rings. The number of hydrogen-bond donors (Lipinski definition) is 1. The molecule has 1 saturated heterocycles. The molecule has 1 atom stereocenters. The first-order chi connectivity index (χ1) is 12.7. The summed E-state index contributed by atoms with van der Waals surface area (Å²) in [6.45, 7) is 4.61. The minimum atomic E-state index is -0.0621. The zero-order chi connectivity index (χ0) is 18.2. The SMILES string of the molecule is CC(C(=O)NCc1ccnc(OC2CCCCC2)c1)N1CCCCCC1. The Kier molecular flexibility index (Phi) is 7.30. The molecule has 0 aromatic carbocycles. The quantitative estimate of drug-likeness (QED) is 0.842. The van der Waals surface area contributed by atoms with Gasteiger partial charge in [-0.1, -0.05) is 19.3 Å². The number of nitrogens with zero attached hydrogens (tertiary/aromatic N) is 2. The van der Waals surface area contributed by atoms with Crippen molar-refractivity contribution in [3.63, 3.8) is 0 Å². The van der Waals surface area contributed by atoms with Gasteiger partial charge in [0.05, 0.1) is 6.04 Å². The molecule has 1 aliphatic carbocycles. The lowest BCUT2D eigenvalue weighted by molar-refractivity contribution is -0.126. The molecule has 1 amide bonds. The summed E-state index contributed by atoms with van der Waals surface area (Å²) in [5.74, 6) is 0.794. The fourth-order valence-electron chi connectivity index (χ4n) is 3.96. The normalized spacial score (nSPS) is 21.0. The minimum absolute atomic E-state index is 0.0621. The highest BCUT2D eigenvalue weighted by Gasteiger charge is 2.22. The zero-order valence-electron chi connectivity index (χ0n) is 16.1. The molecular weight excluding hydrogens is 326 g/mol. The Labute approximate surface area is 157 Å². The van der Waals surface area contributed by atoms with E-state index < -0.39 is 0 Å². The molecule has 1 N–H and O–H groups in total. The largest absolute Gasteiger partial charge is 0.474 e. The number of pyridine rings is 1. The van der Waals surface area contributed by atoms with E-state index in [1.54, 1.807) is 6.20 Å². The van der Waals surface area contributed by atoms with Gasteiger partial charge in [0.25, 0.3) is 0 Å². The van der Waals surface area contributed by atoms with Crippen LogP contribution in [-0.2, 0) is 11.3 Å². The molecule has 1 unspecified atom stereocenters. The van der Waals surface area contributed by atoms with E-state index in [1.807, 2.05) is 19.1 Å². The Bertz CT molecular complexity index is 564. The molecule has 2 heterocycles. The van der Waals surface area contributed by atoms with Crippen LogP contribution in [0.15, 0.2) is 18.3 Å². The standard InChI is InChI=1S/C21H33N3O2/c1-17(24-13-7-2-3-8-14-24)21(25)23-16-18-11-12-22-20(15-18)26-19-9-5-4-6-10-19/h11-12,15,17,19H,2-10,13-14,16H2,1H3,(H,23,25). The second-order valence-electron chi connectivity index (χ2n) is 7.72. The number of carbonyl (C=O) groups is 1. The second kappa shape index (κ2) is 9.91. The molecule has 5 nitrogen and oxygen atoms in total. The Morgan fingerprint density at radius 1 is 1.19 bits per heavy atom. The van der Waals surface area contributed by atoms with Crippen molar-refractivity contribution < 1.29 is 9.53 Å². The van der Waals surface area contributed by atoms with Gasteiger partial charge in [-0.25, -0.2) is 4.98 Å². The smallest absolute Gasteiger partial charge is 0.237 e. The zero-order valence-corrected chi connectivity index (χ0v) is 16.1. The van der Waals surface area contributed by atoms with Crippen LogP contribution in [0.1, 0.15) is 70.3 Å². The van der Waals surface area contributed by atoms with Gasteiger partial charge < -0.3 is 10.1 Å². The van der Waals surface area contributed by atoms with Crippen molar-refractivity contribution in [2.75, 3.05) is 13.1 Å². The molecule has 144 valence electrons. The summed E-state index contributed by atoms with van der Waals surface area (Å²) < 4.78 is 6.03. The van der Waals surface area contributed by atoms with Gasteiger partial charge in [-0.3, -0.25) is 9.69 Å². The maximum atomic E-state index is 12.5. The fourth-order valence-corrected chi connectivity index (χ4v) is 3.96. The molecule has 0 spiro atoms. The maximum Gasteiger partial charge on any atom is 0.237 e. The summed E-state index contributed by atoms with van der Waals surface area (Å²) in [4.78, 5) is 19.2. The van der Waals surface area contributed by atoms with Crippen molar-refractivity contribution in [2.45, 2.75) is 83.4 Å². The van der Waals surface area contributed by atoms with Crippen molar-refractivity contribution in [3.8, 4) is 5.88 Å². The van der Waals surface area contributed by atoms with Crippen molar-refractivity contribution >= 4 is 5.91 Å². The molecular formula is C21H33N3O2. The first kappa shape index (κ1) is 19.2. The molecule has 0 bridgehead atoms. The van der Waals surface area contributed by atoms with Gasteiger partial charge in [-0.2, -0.15) is 0 Å². The summed E-state index contributed by atoms with van der Waals surface area (Å²) >= 11 is 0. The molecule has 2 aliphatic rings. The van der Waals surface area contributed by atoms with Gasteiger partial charge in [0.15, 0.2) is 0 Å². The summed E-state index contributed by atoms with van der Waals surface area (Å²) in [6.07, 6.45) is 13.1. The van der Waals surface area contributed by atoms with Crippen LogP contribution in [-0.4, -0.2) is 41.0 Å². The van der Waals surface area contributed by atoms with Crippen LogP contribution < -0.4 is 10.1 Å². The van der Waals surface area contributed by atoms with Crippen molar-refractivity contribution in [1.82, 2.24) is 15.2 Å². The van der Waals surface area contributed by atoms with E-state index >= 15 is 0 Å². The van der Waals surface area contributed by atoms with Crippen molar-refractivity contribution in [2.24, 2.45) is 0 Å². The summed E-state index contributed by atoms with van der Waals surface area (Å²) in [6, 6.07) is 3.85. The predicted molar refractivity (Wildman–Crippen MR) is 103 cm³/mol. The van der Waals surface area contributed by atoms with E-state index in [0.29, 0.717) is 18.5 Å². The number of likely N-dealkylation sites (tertiary alicyclic amines) is 1. The number of rotatable bonds is 6. The molecule has 1 saturated carbocycles. The van der Waals surface area contributed by atoms with E-state index in [1.165, 1.54) is 44.9 Å². The highest BCUT2D eigenvalue weighted by molar-refractivity contribution is 5.81. The average Bonchev–Trinajstić information content (AvgIpc) is 2.96. The number of carbonyl (C=O) groups excluding carboxylic acids is 1. The van der Waals surface area contributed by atoms with Crippen LogP contribution in [0.5, 0.6) is 5.88 Å². The number of hydrogen-bond acceptors (Lipinski definition) is 4. The van der Waals surface area contributed by atoms with Gasteiger partial charge >= 0.3 is 0 Å². The third-order valence-corrected chi connectivity index (χ3v) is 5.67. The van der Waals surface area contributed by atoms with Crippen LogP contribution >= 0.6 is 0 Å². The monoisotopic (exact) mass is 359 g/mol. The van der Waals surface area contributed by atoms with Gasteiger partial charge in [0.2, 0.25) is 11.8 Å². The Hall–Kier alpha value is -1.62. The van der Waals surface area contributed by atoms with E-state index in [4.69, 9.17) is 4.74 Å². The topological polar surface area (TPSA) is 54.5 Å². The molecule has 0 radical (unpaired) electrons. The molecule has 1 aromatic heterocycles. The van der Waals surface area contributed by atoms with Crippen molar-refractivity contribution in [1.29, 1.82) is 0 Å².